The van der Waals surface area contributed by atoms with Crippen molar-refractivity contribution in [2.24, 2.45) is 5.92 Å². The number of likely N-dealkylation sites (tertiary alicyclic amines) is 1. The molecule has 1 atom stereocenters. The monoisotopic (exact) mass is 267 g/mol. The molecule has 19 heavy (non-hydrogen) atoms. The van der Waals surface area contributed by atoms with E-state index >= 15 is 0 Å². The van der Waals surface area contributed by atoms with Gasteiger partial charge in [-0.25, -0.2) is 0 Å². The SMILES string of the molecule is CC(C)C(=O)N(CCCN1CCCC1)C1CCNC1. The number of carbonyl (C=O) groups is 1. The molecule has 0 radical (unpaired) electrons. The van der Waals surface area contributed by atoms with Crippen molar-refractivity contribution in [3.05, 3.63) is 0 Å². The van der Waals surface area contributed by atoms with Gasteiger partial charge in [-0.05, 0) is 51.9 Å². The van der Waals surface area contributed by atoms with E-state index in [0.717, 1.165) is 39.0 Å². The van der Waals surface area contributed by atoms with Gasteiger partial charge in [-0.2, -0.15) is 0 Å². The summed E-state index contributed by atoms with van der Waals surface area (Å²) in [6, 6.07) is 0.425. The average Bonchev–Trinajstić information content (AvgIpc) is 3.06. The van der Waals surface area contributed by atoms with Crippen LogP contribution in [0.5, 0.6) is 0 Å². The molecule has 0 saturated carbocycles. The molecule has 4 heteroatoms. The van der Waals surface area contributed by atoms with Crippen LogP contribution in [0.4, 0.5) is 0 Å². The van der Waals surface area contributed by atoms with E-state index in [0.29, 0.717) is 11.9 Å². The first-order valence-electron chi connectivity index (χ1n) is 7.92. The lowest BCUT2D eigenvalue weighted by molar-refractivity contribution is -0.136. The number of nitrogens with one attached hydrogen (secondary N) is 1. The van der Waals surface area contributed by atoms with E-state index in [4.69, 9.17) is 0 Å². The van der Waals surface area contributed by atoms with Crippen molar-refractivity contribution in [2.75, 3.05) is 39.3 Å². The molecule has 0 aliphatic carbocycles. The Kier molecular flexibility index (Phi) is 5.64. The maximum Gasteiger partial charge on any atom is 0.225 e. The van der Waals surface area contributed by atoms with Crippen molar-refractivity contribution in [3.8, 4) is 0 Å². The van der Waals surface area contributed by atoms with E-state index in [1.165, 1.54) is 25.9 Å². The molecule has 0 aromatic rings. The van der Waals surface area contributed by atoms with Crippen LogP contribution < -0.4 is 5.32 Å². The van der Waals surface area contributed by atoms with Crippen LogP contribution in [0.3, 0.4) is 0 Å². The van der Waals surface area contributed by atoms with Gasteiger partial charge in [0.1, 0.15) is 0 Å². The number of nitrogens with zero attached hydrogens (tertiary/aromatic N) is 2. The smallest absolute Gasteiger partial charge is 0.225 e. The van der Waals surface area contributed by atoms with E-state index in [1.807, 2.05) is 13.8 Å². The predicted octanol–water partition coefficient (Wildman–Crippen LogP) is 1.32. The third-order valence-electron chi connectivity index (χ3n) is 4.32. The summed E-state index contributed by atoms with van der Waals surface area (Å²) in [5, 5.41) is 3.37. The standard InChI is InChI=1S/C15H29N3O/c1-13(2)15(19)18(14-6-7-16-12-14)11-5-10-17-8-3-4-9-17/h13-14,16H,3-12H2,1-2H3. The molecule has 2 saturated heterocycles. The quantitative estimate of drug-likeness (QED) is 0.788. The van der Waals surface area contributed by atoms with Crippen LogP contribution in [-0.2, 0) is 4.79 Å². The van der Waals surface area contributed by atoms with Gasteiger partial charge in [-0.3, -0.25) is 4.79 Å². The predicted molar refractivity (Wildman–Crippen MR) is 78.1 cm³/mol. The number of hydrogen-bond acceptors (Lipinski definition) is 3. The Labute approximate surface area is 117 Å². The zero-order valence-corrected chi connectivity index (χ0v) is 12.5. The van der Waals surface area contributed by atoms with Gasteiger partial charge in [0.25, 0.3) is 0 Å². The lowest BCUT2D eigenvalue weighted by Gasteiger charge is -2.31. The molecular formula is C15H29N3O. The highest BCUT2D eigenvalue weighted by Gasteiger charge is 2.27. The molecule has 1 N–H and O–H groups in total. The molecule has 2 rings (SSSR count). The second kappa shape index (κ2) is 7.25. The minimum atomic E-state index is 0.118. The molecule has 0 bridgehead atoms. The minimum Gasteiger partial charge on any atom is -0.338 e. The first-order valence-corrected chi connectivity index (χ1v) is 7.92. The molecule has 1 unspecified atom stereocenters. The van der Waals surface area contributed by atoms with Crippen LogP contribution in [-0.4, -0.2) is 61.0 Å². The number of amides is 1. The lowest BCUT2D eigenvalue weighted by Crippen LogP contribution is -2.44. The molecule has 0 aromatic heterocycles. The Hall–Kier alpha value is -0.610. The molecule has 1 amide bonds. The Morgan fingerprint density at radius 1 is 1.37 bits per heavy atom. The maximum absolute atomic E-state index is 12.3. The maximum atomic E-state index is 12.3. The fraction of sp³-hybridized carbons (Fsp3) is 0.933. The molecule has 2 aliphatic rings. The minimum absolute atomic E-state index is 0.118. The highest BCUT2D eigenvalue weighted by Crippen LogP contribution is 2.14. The molecule has 0 aromatic carbocycles. The molecule has 2 fully saturated rings. The normalized spacial score (nSPS) is 24.3. The van der Waals surface area contributed by atoms with Gasteiger partial charge in [0.15, 0.2) is 0 Å². The summed E-state index contributed by atoms with van der Waals surface area (Å²) in [6.45, 7) is 10.6. The fourth-order valence-corrected chi connectivity index (χ4v) is 3.18. The molecule has 110 valence electrons. The summed E-state index contributed by atoms with van der Waals surface area (Å²) in [6.07, 6.45) is 4.93. The Morgan fingerprint density at radius 2 is 2.11 bits per heavy atom. The summed E-state index contributed by atoms with van der Waals surface area (Å²) >= 11 is 0. The van der Waals surface area contributed by atoms with Crippen LogP contribution in [0, 0.1) is 5.92 Å². The van der Waals surface area contributed by atoms with Gasteiger partial charge >= 0.3 is 0 Å². The number of carbonyl (C=O) groups excluding carboxylic acids is 1. The molecule has 0 spiro atoms. The summed E-state index contributed by atoms with van der Waals surface area (Å²) in [5.41, 5.74) is 0. The van der Waals surface area contributed by atoms with E-state index in [-0.39, 0.29) is 5.92 Å². The van der Waals surface area contributed by atoms with Crippen LogP contribution in [0.1, 0.15) is 39.5 Å². The van der Waals surface area contributed by atoms with E-state index in [2.05, 4.69) is 15.1 Å². The average molecular weight is 267 g/mol. The van der Waals surface area contributed by atoms with Gasteiger partial charge in [0.2, 0.25) is 5.91 Å². The van der Waals surface area contributed by atoms with Crippen molar-refractivity contribution in [1.82, 2.24) is 15.1 Å². The van der Waals surface area contributed by atoms with E-state index in [9.17, 15) is 4.79 Å². The van der Waals surface area contributed by atoms with E-state index < -0.39 is 0 Å². The topological polar surface area (TPSA) is 35.6 Å². The zero-order chi connectivity index (χ0) is 13.7. The Morgan fingerprint density at radius 3 is 2.68 bits per heavy atom. The van der Waals surface area contributed by atoms with Crippen LogP contribution in [0.2, 0.25) is 0 Å². The van der Waals surface area contributed by atoms with Gasteiger partial charge < -0.3 is 15.1 Å². The van der Waals surface area contributed by atoms with Crippen molar-refractivity contribution in [2.45, 2.75) is 45.6 Å². The highest BCUT2D eigenvalue weighted by atomic mass is 16.2. The largest absolute Gasteiger partial charge is 0.338 e. The summed E-state index contributed by atoms with van der Waals surface area (Å²) in [4.78, 5) is 17.0. The van der Waals surface area contributed by atoms with Gasteiger partial charge in [0, 0.05) is 25.0 Å². The van der Waals surface area contributed by atoms with Crippen LogP contribution in [0.15, 0.2) is 0 Å². The van der Waals surface area contributed by atoms with Crippen LogP contribution >= 0.6 is 0 Å². The van der Waals surface area contributed by atoms with Crippen molar-refractivity contribution in [1.29, 1.82) is 0 Å². The summed E-state index contributed by atoms with van der Waals surface area (Å²) in [5.74, 6) is 0.447. The molecule has 2 aliphatic heterocycles. The second-order valence-corrected chi connectivity index (χ2v) is 6.24. The third kappa shape index (κ3) is 4.18. The fourth-order valence-electron chi connectivity index (χ4n) is 3.18. The highest BCUT2D eigenvalue weighted by molar-refractivity contribution is 5.78. The number of hydrogen-bond donors (Lipinski definition) is 1. The van der Waals surface area contributed by atoms with Gasteiger partial charge in [0.05, 0.1) is 0 Å². The van der Waals surface area contributed by atoms with Gasteiger partial charge in [-0.15, -0.1) is 0 Å². The molecular weight excluding hydrogens is 238 g/mol. The van der Waals surface area contributed by atoms with Crippen molar-refractivity contribution < 1.29 is 4.79 Å². The van der Waals surface area contributed by atoms with Gasteiger partial charge in [-0.1, -0.05) is 13.8 Å². The first-order chi connectivity index (χ1) is 9.18. The zero-order valence-electron chi connectivity index (χ0n) is 12.5. The van der Waals surface area contributed by atoms with Crippen molar-refractivity contribution >= 4 is 5.91 Å². The molecule has 2 heterocycles. The summed E-state index contributed by atoms with van der Waals surface area (Å²) < 4.78 is 0. The van der Waals surface area contributed by atoms with Crippen molar-refractivity contribution in [3.63, 3.8) is 0 Å². The number of rotatable bonds is 6. The van der Waals surface area contributed by atoms with Crippen LogP contribution in [0.25, 0.3) is 0 Å². The Bertz CT molecular complexity index is 281. The third-order valence-corrected chi connectivity index (χ3v) is 4.32. The van der Waals surface area contributed by atoms with E-state index in [1.54, 1.807) is 0 Å². The molecule has 4 nitrogen and oxygen atoms in total. The Balaban J connectivity index is 1.80. The second-order valence-electron chi connectivity index (χ2n) is 6.24. The first kappa shape index (κ1) is 14.8. The summed E-state index contributed by atoms with van der Waals surface area (Å²) in [7, 11) is 0. The lowest BCUT2D eigenvalue weighted by atomic mass is 10.1.